The summed E-state index contributed by atoms with van der Waals surface area (Å²) in [6.45, 7) is 6.51. The lowest BCUT2D eigenvalue weighted by molar-refractivity contribution is -0.147. The summed E-state index contributed by atoms with van der Waals surface area (Å²) in [6.07, 6.45) is -15.0. The van der Waals surface area contributed by atoms with E-state index in [-0.39, 0.29) is 12.1 Å². The highest BCUT2D eigenvalue weighted by Gasteiger charge is 2.50. The highest BCUT2D eigenvalue weighted by atomic mass is 32.3. The number of aliphatic hydroxyl groups excluding tert-OH is 6. The van der Waals surface area contributed by atoms with E-state index in [1.54, 1.807) is 7.05 Å². The summed E-state index contributed by atoms with van der Waals surface area (Å²) < 4.78 is 47.1. The molecule has 3 saturated heterocycles. The smallest absolute Gasteiger partial charge is 0.446 e. The molecule has 1 aromatic rings. The van der Waals surface area contributed by atoms with Gasteiger partial charge in [0.15, 0.2) is 11.5 Å². The second-order valence-corrected chi connectivity index (χ2v) is 21.4. The van der Waals surface area contributed by atoms with E-state index >= 15 is 0 Å². The molecule has 0 bridgehead atoms. The molecule has 1 unspecified atom stereocenters. The van der Waals surface area contributed by atoms with Crippen LogP contribution in [-0.2, 0) is 59.9 Å². The Labute approximate surface area is 444 Å². The van der Waals surface area contributed by atoms with E-state index in [1.807, 2.05) is 4.90 Å². The Balaban J connectivity index is 1.86. The molecule has 3 aliphatic heterocycles. The van der Waals surface area contributed by atoms with Gasteiger partial charge < -0.3 is 96.0 Å². The van der Waals surface area contributed by atoms with E-state index in [9.17, 15) is 87.1 Å². The minimum Gasteiger partial charge on any atom is -0.504 e. The van der Waals surface area contributed by atoms with Crippen molar-refractivity contribution in [2.24, 2.45) is 5.92 Å². The number of phenols is 1. The molecule has 3 fully saturated rings. The monoisotopic (exact) mass is 1120 g/mol. The van der Waals surface area contributed by atoms with Gasteiger partial charge in [-0.05, 0) is 52.4 Å². The fourth-order valence-corrected chi connectivity index (χ4v) is 9.08. The summed E-state index contributed by atoms with van der Waals surface area (Å²) >= 11 is 0. The lowest BCUT2D eigenvalue weighted by Gasteiger charge is -2.34. The summed E-state index contributed by atoms with van der Waals surface area (Å²) in [5.41, 5.74) is -1.24. The number of β-amino-alcohol motifs (C(OH)–C–C–N with tert-alkyl or cyclic N) is 1. The van der Waals surface area contributed by atoms with Crippen molar-refractivity contribution in [2.45, 2.75) is 139 Å². The van der Waals surface area contributed by atoms with Crippen LogP contribution in [0.1, 0.15) is 59.4 Å². The Hall–Kier alpha value is -6.03. The molecular weight excluding hydrogens is 1050 g/mol. The first-order chi connectivity index (χ1) is 35.8. The van der Waals surface area contributed by atoms with Crippen LogP contribution in [0, 0.1) is 5.92 Å². The molecule has 0 aromatic heterocycles. The lowest BCUT2D eigenvalue weighted by atomic mass is 9.98. The molecule has 13 atom stereocenters. The van der Waals surface area contributed by atoms with Gasteiger partial charge in [0.1, 0.15) is 41.9 Å². The first-order valence-electron chi connectivity index (χ1n) is 24.6. The van der Waals surface area contributed by atoms with Crippen molar-refractivity contribution >= 4 is 57.8 Å². The number of nitrogens with zero attached hydrogens (tertiary/aromatic N) is 3. The predicted molar refractivity (Wildman–Crippen MR) is 264 cm³/mol. The number of carbonyl (C=O) groups is 8. The van der Waals surface area contributed by atoms with Crippen LogP contribution in [0.5, 0.6) is 11.5 Å². The SMILES string of the molecule is COCCN(C)CCNC(=O)C[C@@H](O)[C@@H]1NC(=O)[C@H]([C@H](O)Cc2ccc(O)c(OS(=O)(=O)O)c2)NC(=O)[C@@H]2C[C@@H](O)CN2C(=O)C([C@@H](C)O)NC(=O)[C@@H](NC(=O)OC(C)(C)C)C[C@@H](O)CNC(=O)[C@@H]2[C@@H](O)[C@@H](C)CN2C1=O. The number of methoxy groups -OCH3 is 1. The van der Waals surface area contributed by atoms with Crippen molar-refractivity contribution in [2.75, 3.05) is 60.0 Å². The number of benzene rings is 1. The maximum absolute atomic E-state index is 14.8. The number of hydrogen-bond donors (Lipinski definition) is 14. The average Bonchev–Trinajstić information content (AvgIpc) is 3.86. The molecule has 0 radical (unpaired) electrons. The van der Waals surface area contributed by atoms with Gasteiger partial charge in [0, 0.05) is 71.6 Å². The van der Waals surface area contributed by atoms with Crippen molar-refractivity contribution in [3.63, 3.8) is 0 Å². The van der Waals surface area contributed by atoms with Crippen LogP contribution in [0.15, 0.2) is 18.2 Å². The number of hydrogen-bond acceptors (Lipinski definition) is 21. The van der Waals surface area contributed by atoms with Gasteiger partial charge in [0.25, 0.3) is 0 Å². The van der Waals surface area contributed by atoms with Crippen LogP contribution >= 0.6 is 0 Å². The summed E-state index contributed by atoms with van der Waals surface area (Å²) in [5.74, 6) is -10.9. The molecule has 1 aromatic carbocycles. The van der Waals surface area contributed by atoms with Crippen molar-refractivity contribution in [3.8, 4) is 11.5 Å². The van der Waals surface area contributed by atoms with Gasteiger partial charge in [-0.3, -0.25) is 38.1 Å². The van der Waals surface area contributed by atoms with Crippen LogP contribution in [0.2, 0.25) is 0 Å². The minimum absolute atomic E-state index is 0.0323. The fraction of sp³-hybridized carbons (Fsp3) is 0.696. The largest absolute Gasteiger partial charge is 0.504 e. The lowest BCUT2D eigenvalue weighted by Crippen LogP contribution is -2.64. The molecule has 434 valence electrons. The van der Waals surface area contributed by atoms with Crippen molar-refractivity contribution in [1.82, 2.24) is 46.6 Å². The highest BCUT2D eigenvalue weighted by molar-refractivity contribution is 7.81. The fourth-order valence-electron chi connectivity index (χ4n) is 8.72. The molecule has 4 rings (SSSR count). The zero-order chi connectivity index (χ0) is 57.9. The Morgan fingerprint density at radius 3 is 2.12 bits per heavy atom. The van der Waals surface area contributed by atoms with Gasteiger partial charge in [-0.15, -0.1) is 0 Å². The van der Waals surface area contributed by atoms with Gasteiger partial charge in [-0.25, -0.2) is 4.79 Å². The number of alkyl carbamates (subject to hydrolysis) is 1. The molecule has 3 heterocycles. The quantitative estimate of drug-likeness (QED) is 0.0685. The molecule has 0 saturated carbocycles. The molecular formula is C46H73N9O21S. The number of likely N-dealkylation sites (N-methyl/N-ethyl adjacent to an activating group) is 1. The van der Waals surface area contributed by atoms with Gasteiger partial charge in [0.2, 0.25) is 41.4 Å². The van der Waals surface area contributed by atoms with Crippen LogP contribution in [0.3, 0.4) is 0 Å². The second kappa shape index (κ2) is 27.5. The Kier molecular flexibility index (Phi) is 22.7. The van der Waals surface area contributed by atoms with Crippen LogP contribution in [-0.4, -0.2) is 249 Å². The first kappa shape index (κ1) is 63.5. The molecule has 31 heteroatoms. The van der Waals surface area contributed by atoms with Crippen LogP contribution in [0.25, 0.3) is 0 Å². The summed E-state index contributed by atoms with van der Waals surface area (Å²) in [5, 5.41) is 92.3. The molecule has 0 aliphatic carbocycles. The van der Waals surface area contributed by atoms with E-state index in [4.69, 9.17) is 9.47 Å². The zero-order valence-electron chi connectivity index (χ0n) is 43.7. The van der Waals surface area contributed by atoms with E-state index in [1.165, 1.54) is 34.8 Å². The van der Waals surface area contributed by atoms with E-state index in [0.29, 0.717) is 19.7 Å². The number of aliphatic hydroxyl groups is 6. The summed E-state index contributed by atoms with van der Waals surface area (Å²) in [7, 11) is -1.99. The van der Waals surface area contributed by atoms with Crippen molar-refractivity contribution in [1.29, 1.82) is 0 Å². The number of aromatic hydroxyl groups is 1. The van der Waals surface area contributed by atoms with E-state index in [0.717, 1.165) is 34.9 Å². The molecule has 0 spiro atoms. The molecule has 3 aliphatic rings. The van der Waals surface area contributed by atoms with E-state index in [2.05, 4.69) is 36.1 Å². The Bertz CT molecular complexity index is 2390. The van der Waals surface area contributed by atoms with Crippen molar-refractivity contribution < 1.29 is 101 Å². The first-order valence-corrected chi connectivity index (χ1v) is 26.0. The molecule has 77 heavy (non-hydrogen) atoms. The number of ether oxygens (including phenoxy) is 2. The molecule has 14 N–H and O–H groups in total. The highest BCUT2D eigenvalue weighted by Crippen LogP contribution is 2.30. The molecule has 8 amide bonds. The van der Waals surface area contributed by atoms with Gasteiger partial charge in [0.05, 0.1) is 49.7 Å². The topological polar surface area (TPSA) is 442 Å². The second-order valence-electron chi connectivity index (χ2n) is 20.3. The van der Waals surface area contributed by atoms with Gasteiger partial charge in [-0.1, -0.05) is 13.0 Å². The summed E-state index contributed by atoms with van der Waals surface area (Å²) in [6, 6.07) is -9.00. The number of fused-ring (bicyclic) bond motifs is 2. The maximum Gasteiger partial charge on any atom is 0.446 e. The average molecular weight is 1120 g/mol. The number of amides is 8. The van der Waals surface area contributed by atoms with Gasteiger partial charge >= 0.3 is 16.5 Å². The summed E-state index contributed by atoms with van der Waals surface area (Å²) in [4.78, 5) is 116. The van der Waals surface area contributed by atoms with Crippen molar-refractivity contribution in [3.05, 3.63) is 23.8 Å². The third-order valence-corrected chi connectivity index (χ3v) is 13.1. The van der Waals surface area contributed by atoms with Crippen LogP contribution in [0.4, 0.5) is 4.79 Å². The Morgan fingerprint density at radius 1 is 0.857 bits per heavy atom. The number of phenolic OH excluding ortho intramolecular Hbond substituents is 1. The predicted octanol–water partition coefficient (Wildman–Crippen LogP) is -6.30. The number of carbonyl (C=O) groups excluding carboxylic acids is 8. The normalized spacial score (nSPS) is 27.7. The standard InChI is InChI=1S/C46H73N9O21S/c1-22-20-55-37(38(22)63)42(67)48-19-25(57)16-27(49-45(70)75-46(3,4)5)39(64)50-34(23(2)56)43(68)54-21-26(58)17-28(54)40(65)51-35(30(60)14-24-8-9-29(59)32(15-24)76-77(71,72)73)41(66)52-36(44(55)69)31(61)18-33(62)47-10-11-53(6)12-13-74-7/h8-9,15,22-23,25-28,30-31,34-38,56-61,63H,10-14,16-21H2,1-7H3,(H,47,62)(H,48,67)(H,49,70)(H,50,64)(H,51,65)(H,52,66)(H,71,72,73)/t22-,23+,25+,26+,27-,28-,30+,31+,34?,35-,36-,37-,38-/m0/s1. The number of nitrogens with one attached hydrogen (secondary N) is 6. The third kappa shape index (κ3) is 18.6. The maximum atomic E-state index is 14.8. The third-order valence-electron chi connectivity index (χ3n) is 12.7. The molecule has 30 nitrogen and oxygen atoms in total. The van der Waals surface area contributed by atoms with E-state index < -0.39 is 199 Å². The minimum atomic E-state index is -5.23. The van der Waals surface area contributed by atoms with Crippen LogP contribution < -0.4 is 36.1 Å². The Morgan fingerprint density at radius 2 is 1.49 bits per heavy atom. The zero-order valence-corrected chi connectivity index (χ0v) is 44.5. The number of rotatable bonds is 16. The van der Waals surface area contributed by atoms with Gasteiger partial charge in [-0.2, -0.15) is 8.42 Å².